The highest BCUT2D eigenvalue weighted by atomic mass is 35.5. The van der Waals surface area contributed by atoms with Crippen molar-refractivity contribution in [2.45, 2.75) is 12.5 Å². The van der Waals surface area contributed by atoms with Gasteiger partial charge in [0.2, 0.25) is 0 Å². The Hall–Kier alpha value is -0.970. The van der Waals surface area contributed by atoms with Crippen molar-refractivity contribution in [2.75, 3.05) is 13.2 Å². The summed E-state index contributed by atoms with van der Waals surface area (Å²) >= 11 is 5.83. The summed E-state index contributed by atoms with van der Waals surface area (Å²) in [5.74, 6) is 0.154. The number of aliphatic carboxylic acids is 1. The van der Waals surface area contributed by atoms with Crippen molar-refractivity contribution in [3.8, 4) is 5.75 Å². The fourth-order valence-electron chi connectivity index (χ4n) is 1.89. The Morgan fingerprint density at radius 3 is 2.94 bits per heavy atom. The van der Waals surface area contributed by atoms with Gasteiger partial charge in [-0.1, -0.05) is 17.7 Å². The molecule has 0 amide bonds. The third kappa shape index (κ3) is 4.05. The minimum absolute atomic E-state index is 0. The molecular weight excluding hydrogens is 277 g/mol. The number of benzene rings is 1. The molecule has 1 aromatic carbocycles. The maximum absolute atomic E-state index is 10.7. The second-order valence-electron chi connectivity index (χ2n) is 4.17. The minimum Gasteiger partial charge on any atom is -0.493 e. The standard InChI is InChI=1S/C12H14ClNO3.ClH/c13-9-2-1-3-10(5-9)17-7-8-4-11(12(15)16)14-6-8;/h1-3,5,8,11,14H,4,6-7H2,(H,15,16);1H/t8-,11-;/m0./s1. The molecule has 1 aromatic rings. The van der Waals surface area contributed by atoms with Crippen molar-refractivity contribution < 1.29 is 14.6 Å². The van der Waals surface area contributed by atoms with Crippen LogP contribution in [0.25, 0.3) is 0 Å². The quantitative estimate of drug-likeness (QED) is 0.893. The number of hydrogen-bond acceptors (Lipinski definition) is 3. The molecule has 0 bridgehead atoms. The number of hydrogen-bond donors (Lipinski definition) is 2. The summed E-state index contributed by atoms with van der Waals surface area (Å²) in [4.78, 5) is 10.7. The average Bonchev–Trinajstić information content (AvgIpc) is 2.75. The van der Waals surface area contributed by atoms with Crippen LogP contribution in [-0.4, -0.2) is 30.3 Å². The third-order valence-corrected chi connectivity index (χ3v) is 3.04. The van der Waals surface area contributed by atoms with E-state index < -0.39 is 12.0 Å². The first-order chi connectivity index (χ1) is 8.15. The lowest BCUT2D eigenvalue weighted by atomic mass is 10.1. The van der Waals surface area contributed by atoms with Crippen LogP contribution in [0.15, 0.2) is 24.3 Å². The SMILES string of the molecule is Cl.O=C(O)[C@@H]1C[C@H](COc2cccc(Cl)c2)CN1. The fourth-order valence-corrected chi connectivity index (χ4v) is 2.08. The second-order valence-corrected chi connectivity index (χ2v) is 4.61. The predicted octanol–water partition coefficient (Wildman–Crippen LogP) is 2.20. The second kappa shape index (κ2) is 6.83. The van der Waals surface area contributed by atoms with Crippen LogP contribution in [0.2, 0.25) is 5.02 Å². The van der Waals surface area contributed by atoms with E-state index in [9.17, 15) is 4.79 Å². The third-order valence-electron chi connectivity index (χ3n) is 2.80. The maximum Gasteiger partial charge on any atom is 0.320 e. The number of nitrogens with one attached hydrogen (secondary N) is 1. The summed E-state index contributed by atoms with van der Waals surface area (Å²) < 4.78 is 5.58. The molecule has 4 nitrogen and oxygen atoms in total. The topological polar surface area (TPSA) is 58.6 Å². The van der Waals surface area contributed by atoms with E-state index in [1.54, 1.807) is 12.1 Å². The summed E-state index contributed by atoms with van der Waals surface area (Å²) in [6.45, 7) is 1.19. The highest BCUT2D eigenvalue weighted by molar-refractivity contribution is 6.30. The highest BCUT2D eigenvalue weighted by Gasteiger charge is 2.29. The summed E-state index contributed by atoms with van der Waals surface area (Å²) in [5.41, 5.74) is 0. The van der Waals surface area contributed by atoms with Gasteiger partial charge in [0.25, 0.3) is 0 Å². The molecule has 1 aliphatic rings. The number of halogens is 2. The number of rotatable bonds is 4. The van der Waals surface area contributed by atoms with E-state index in [1.165, 1.54) is 0 Å². The molecular formula is C12H15Cl2NO3. The normalized spacial score (nSPS) is 22.3. The number of ether oxygens (including phenoxy) is 1. The van der Waals surface area contributed by atoms with Crippen LogP contribution < -0.4 is 10.1 Å². The molecule has 2 atom stereocenters. The Kier molecular flexibility index (Phi) is 5.72. The van der Waals surface area contributed by atoms with Gasteiger partial charge in [-0.3, -0.25) is 4.79 Å². The lowest BCUT2D eigenvalue weighted by Gasteiger charge is -2.11. The summed E-state index contributed by atoms with van der Waals surface area (Å²) in [5, 5.41) is 12.4. The molecule has 1 heterocycles. The van der Waals surface area contributed by atoms with E-state index in [1.807, 2.05) is 12.1 Å². The lowest BCUT2D eigenvalue weighted by molar-refractivity contribution is -0.139. The van der Waals surface area contributed by atoms with Crippen LogP contribution in [0.4, 0.5) is 0 Å². The zero-order valence-electron chi connectivity index (χ0n) is 9.64. The molecule has 6 heteroatoms. The van der Waals surface area contributed by atoms with Crippen molar-refractivity contribution >= 4 is 30.0 Å². The Morgan fingerprint density at radius 2 is 2.33 bits per heavy atom. The van der Waals surface area contributed by atoms with Crippen LogP contribution in [0.5, 0.6) is 5.75 Å². The van der Waals surface area contributed by atoms with Crippen LogP contribution in [0.3, 0.4) is 0 Å². The first-order valence-corrected chi connectivity index (χ1v) is 5.87. The van der Waals surface area contributed by atoms with Crippen molar-refractivity contribution in [3.05, 3.63) is 29.3 Å². The van der Waals surface area contributed by atoms with Gasteiger partial charge in [0.05, 0.1) is 6.61 Å². The van der Waals surface area contributed by atoms with Crippen molar-refractivity contribution in [3.63, 3.8) is 0 Å². The average molecular weight is 292 g/mol. The van der Waals surface area contributed by atoms with Gasteiger partial charge >= 0.3 is 5.97 Å². The molecule has 0 radical (unpaired) electrons. The molecule has 0 aliphatic carbocycles. The molecule has 1 aliphatic heterocycles. The minimum atomic E-state index is -0.796. The molecule has 0 saturated carbocycles. The number of carbonyl (C=O) groups is 1. The van der Waals surface area contributed by atoms with Gasteiger partial charge in [0.15, 0.2) is 0 Å². The first-order valence-electron chi connectivity index (χ1n) is 5.49. The molecule has 2 N–H and O–H groups in total. The maximum atomic E-state index is 10.7. The summed E-state index contributed by atoms with van der Waals surface area (Å²) in [6.07, 6.45) is 0.607. The van der Waals surface area contributed by atoms with Crippen LogP contribution >= 0.6 is 24.0 Å². The Bertz CT molecular complexity index is 414. The van der Waals surface area contributed by atoms with Gasteiger partial charge in [-0.05, 0) is 24.6 Å². The summed E-state index contributed by atoms with van der Waals surface area (Å²) in [6, 6.07) is 6.75. The molecule has 1 fully saturated rings. The predicted molar refractivity (Wildman–Crippen MR) is 71.7 cm³/mol. The largest absolute Gasteiger partial charge is 0.493 e. The zero-order valence-corrected chi connectivity index (χ0v) is 11.2. The highest BCUT2D eigenvalue weighted by Crippen LogP contribution is 2.20. The summed E-state index contributed by atoms with van der Waals surface area (Å²) in [7, 11) is 0. The first kappa shape index (κ1) is 15.1. The van der Waals surface area contributed by atoms with Crippen molar-refractivity contribution in [2.24, 2.45) is 5.92 Å². The number of carboxylic acids is 1. The van der Waals surface area contributed by atoms with Crippen LogP contribution in [0, 0.1) is 5.92 Å². The van der Waals surface area contributed by atoms with Crippen LogP contribution in [-0.2, 0) is 4.79 Å². The van der Waals surface area contributed by atoms with E-state index in [0.717, 1.165) is 5.75 Å². The van der Waals surface area contributed by atoms with Crippen molar-refractivity contribution in [1.29, 1.82) is 0 Å². The fraction of sp³-hybridized carbons (Fsp3) is 0.417. The Balaban J connectivity index is 0.00000162. The van der Waals surface area contributed by atoms with E-state index in [4.69, 9.17) is 21.4 Å². The van der Waals surface area contributed by atoms with Crippen LogP contribution in [0.1, 0.15) is 6.42 Å². The Labute approximate surface area is 117 Å². The molecule has 1 saturated heterocycles. The van der Waals surface area contributed by atoms with Gasteiger partial charge < -0.3 is 15.2 Å². The van der Waals surface area contributed by atoms with Gasteiger partial charge in [-0.25, -0.2) is 0 Å². The number of carboxylic acid groups (broad SMARTS) is 1. The van der Waals surface area contributed by atoms with E-state index in [-0.39, 0.29) is 18.3 Å². The van der Waals surface area contributed by atoms with Gasteiger partial charge in [0.1, 0.15) is 11.8 Å². The molecule has 2 rings (SSSR count). The van der Waals surface area contributed by atoms with E-state index >= 15 is 0 Å². The zero-order chi connectivity index (χ0) is 12.3. The van der Waals surface area contributed by atoms with Gasteiger partial charge in [0, 0.05) is 17.5 Å². The van der Waals surface area contributed by atoms with E-state index in [0.29, 0.717) is 24.6 Å². The lowest BCUT2D eigenvalue weighted by Crippen LogP contribution is -2.29. The molecule has 0 spiro atoms. The Morgan fingerprint density at radius 1 is 1.56 bits per heavy atom. The van der Waals surface area contributed by atoms with Gasteiger partial charge in [-0.2, -0.15) is 0 Å². The molecule has 18 heavy (non-hydrogen) atoms. The molecule has 0 aromatic heterocycles. The molecule has 0 unspecified atom stereocenters. The van der Waals surface area contributed by atoms with Crippen molar-refractivity contribution in [1.82, 2.24) is 5.32 Å². The smallest absolute Gasteiger partial charge is 0.320 e. The van der Waals surface area contributed by atoms with E-state index in [2.05, 4.69) is 5.32 Å². The monoisotopic (exact) mass is 291 g/mol. The molecule has 100 valence electrons. The van der Waals surface area contributed by atoms with Gasteiger partial charge in [-0.15, -0.1) is 12.4 Å².